The molecule has 0 atom stereocenters. The molecule has 3 rings (SSSR count). The number of anilines is 1. The van der Waals surface area contributed by atoms with Crippen LogP contribution >= 0.6 is 0 Å². The molecule has 0 amide bonds. The monoisotopic (exact) mass is 215 g/mol. The van der Waals surface area contributed by atoms with Crippen LogP contribution in [0, 0.1) is 0 Å². The number of nitrogens with one attached hydrogen (secondary N) is 1. The van der Waals surface area contributed by atoms with Gasteiger partial charge in [0, 0.05) is 13.2 Å². The van der Waals surface area contributed by atoms with Gasteiger partial charge in [0.25, 0.3) is 0 Å². The Kier molecular flexibility index (Phi) is 1.67. The fourth-order valence-electron chi connectivity index (χ4n) is 1.52. The molecule has 0 saturated carbocycles. The molecule has 0 spiro atoms. The standard InChI is InChI=1S/C9H9N7/c1-16-3-5(2-13-16)8-14-7(10)6-9(15-8)12-4-11-6/h2-4H,1H3,(H3,10,11,12,14,15). The van der Waals surface area contributed by atoms with Gasteiger partial charge >= 0.3 is 0 Å². The number of aromatic nitrogens is 6. The van der Waals surface area contributed by atoms with E-state index in [-0.39, 0.29) is 0 Å². The Labute approximate surface area is 90.4 Å². The summed E-state index contributed by atoms with van der Waals surface area (Å²) in [6.45, 7) is 0. The van der Waals surface area contributed by atoms with Gasteiger partial charge in [-0.25, -0.2) is 15.0 Å². The minimum absolute atomic E-state index is 0.390. The van der Waals surface area contributed by atoms with E-state index in [4.69, 9.17) is 5.73 Å². The normalized spacial score (nSPS) is 11.1. The van der Waals surface area contributed by atoms with Crippen molar-refractivity contribution in [2.45, 2.75) is 0 Å². The van der Waals surface area contributed by atoms with Gasteiger partial charge in [0.05, 0.1) is 18.1 Å². The van der Waals surface area contributed by atoms with Gasteiger partial charge in [0.2, 0.25) is 0 Å². The lowest BCUT2D eigenvalue weighted by Gasteiger charge is -1.98. The molecule has 3 N–H and O–H groups in total. The Hall–Kier alpha value is -2.44. The van der Waals surface area contributed by atoms with E-state index < -0.39 is 0 Å². The average molecular weight is 215 g/mol. The van der Waals surface area contributed by atoms with Crippen molar-refractivity contribution in [3.8, 4) is 11.4 Å². The second-order valence-electron chi connectivity index (χ2n) is 3.44. The van der Waals surface area contributed by atoms with E-state index in [9.17, 15) is 0 Å². The highest BCUT2D eigenvalue weighted by atomic mass is 15.2. The summed E-state index contributed by atoms with van der Waals surface area (Å²) in [5.74, 6) is 0.923. The number of rotatable bonds is 1. The molecule has 0 radical (unpaired) electrons. The second-order valence-corrected chi connectivity index (χ2v) is 3.44. The molecule has 0 aliphatic rings. The van der Waals surface area contributed by atoms with Crippen molar-refractivity contribution in [3.63, 3.8) is 0 Å². The minimum atomic E-state index is 0.390. The van der Waals surface area contributed by atoms with Gasteiger partial charge in [0.15, 0.2) is 17.3 Å². The van der Waals surface area contributed by atoms with Gasteiger partial charge in [-0.05, 0) is 0 Å². The molecule has 0 unspecified atom stereocenters. The van der Waals surface area contributed by atoms with Crippen molar-refractivity contribution in [2.24, 2.45) is 7.05 Å². The number of aryl methyl sites for hydroxylation is 1. The highest BCUT2D eigenvalue weighted by Gasteiger charge is 2.09. The number of hydrogen-bond acceptors (Lipinski definition) is 5. The van der Waals surface area contributed by atoms with Gasteiger partial charge in [-0.2, -0.15) is 5.10 Å². The summed E-state index contributed by atoms with van der Waals surface area (Å²) in [5.41, 5.74) is 7.84. The summed E-state index contributed by atoms with van der Waals surface area (Å²) >= 11 is 0. The Balaban J connectivity index is 2.24. The van der Waals surface area contributed by atoms with Gasteiger partial charge < -0.3 is 10.7 Å². The predicted octanol–water partition coefficient (Wildman–Crippen LogP) is 0.336. The van der Waals surface area contributed by atoms with Crippen molar-refractivity contribution in [3.05, 3.63) is 18.7 Å². The van der Waals surface area contributed by atoms with E-state index in [0.29, 0.717) is 22.8 Å². The first-order chi connectivity index (χ1) is 7.74. The fraction of sp³-hybridized carbons (Fsp3) is 0.111. The molecule has 7 heteroatoms. The zero-order valence-corrected chi connectivity index (χ0v) is 8.55. The minimum Gasteiger partial charge on any atom is -0.382 e. The van der Waals surface area contributed by atoms with Crippen LogP contribution in [0.3, 0.4) is 0 Å². The number of fused-ring (bicyclic) bond motifs is 1. The van der Waals surface area contributed by atoms with Crippen molar-refractivity contribution < 1.29 is 0 Å². The van der Waals surface area contributed by atoms with Crippen LogP contribution in [0.4, 0.5) is 5.82 Å². The van der Waals surface area contributed by atoms with E-state index in [1.807, 2.05) is 13.2 Å². The Bertz CT molecular complexity index is 651. The summed E-state index contributed by atoms with van der Waals surface area (Å²) in [4.78, 5) is 15.4. The zero-order valence-electron chi connectivity index (χ0n) is 8.55. The molecule has 0 fully saturated rings. The molecule has 0 aliphatic carbocycles. The van der Waals surface area contributed by atoms with Crippen LogP contribution in [0.25, 0.3) is 22.6 Å². The molecule has 3 aromatic rings. The van der Waals surface area contributed by atoms with Crippen molar-refractivity contribution in [1.29, 1.82) is 0 Å². The molecule has 0 bridgehead atoms. The predicted molar refractivity (Wildman–Crippen MR) is 58.3 cm³/mol. The Morgan fingerprint density at radius 3 is 3.00 bits per heavy atom. The van der Waals surface area contributed by atoms with Gasteiger partial charge in [-0.15, -0.1) is 0 Å². The lowest BCUT2D eigenvalue weighted by Crippen LogP contribution is -1.97. The SMILES string of the molecule is Cn1cc(-c2nc(N)c3[nH]cnc3n2)cn1. The summed E-state index contributed by atoms with van der Waals surface area (Å²) in [5, 5.41) is 4.06. The van der Waals surface area contributed by atoms with Gasteiger partial charge in [-0.1, -0.05) is 0 Å². The number of H-pyrrole nitrogens is 1. The number of hydrogen-bond donors (Lipinski definition) is 2. The Morgan fingerprint density at radius 1 is 1.38 bits per heavy atom. The maximum atomic E-state index is 5.80. The highest BCUT2D eigenvalue weighted by molar-refractivity contribution is 5.82. The summed E-state index contributed by atoms with van der Waals surface area (Å²) in [6.07, 6.45) is 5.06. The first-order valence-electron chi connectivity index (χ1n) is 4.69. The van der Waals surface area contributed by atoms with Crippen molar-refractivity contribution in [1.82, 2.24) is 29.7 Å². The van der Waals surface area contributed by atoms with Gasteiger partial charge in [0.1, 0.15) is 5.52 Å². The fourth-order valence-corrected chi connectivity index (χ4v) is 1.52. The lowest BCUT2D eigenvalue weighted by atomic mass is 10.3. The smallest absolute Gasteiger partial charge is 0.183 e. The molecule has 3 heterocycles. The highest BCUT2D eigenvalue weighted by Crippen LogP contribution is 2.19. The Morgan fingerprint density at radius 2 is 2.25 bits per heavy atom. The van der Waals surface area contributed by atoms with Crippen LogP contribution in [0.5, 0.6) is 0 Å². The van der Waals surface area contributed by atoms with Crippen LogP contribution < -0.4 is 5.73 Å². The second kappa shape index (κ2) is 3.02. The van der Waals surface area contributed by atoms with Crippen LogP contribution in [-0.2, 0) is 7.05 Å². The van der Waals surface area contributed by atoms with Crippen LogP contribution in [0.1, 0.15) is 0 Å². The number of imidazole rings is 1. The largest absolute Gasteiger partial charge is 0.382 e. The van der Waals surface area contributed by atoms with Crippen molar-refractivity contribution in [2.75, 3.05) is 5.73 Å². The van der Waals surface area contributed by atoms with Crippen molar-refractivity contribution >= 4 is 17.0 Å². The van der Waals surface area contributed by atoms with Crippen LogP contribution in [-0.4, -0.2) is 29.7 Å². The van der Waals surface area contributed by atoms with Crippen LogP contribution in [0.2, 0.25) is 0 Å². The number of aromatic amines is 1. The molecule has 3 aromatic heterocycles. The van der Waals surface area contributed by atoms with E-state index >= 15 is 0 Å². The number of nitrogens with zero attached hydrogens (tertiary/aromatic N) is 5. The van der Waals surface area contributed by atoms with E-state index in [1.54, 1.807) is 17.2 Å². The molecule has 80 valence electrons. The first-order valence-corrected chi connectivity index (χ1v) is 4.69. The zero-order chi connectivity index (χ0) is 11.1. The van der Waals surface area contributed by atoms with E-state index in [2.05, 4.69) is 25.0 Å². The molecule has 0 aromatic carbocycles. The quantitative estimate of drug-likeness (QED) is 0.609. The first kappa shape index (κ1) is 8.84. The molecular weight excluding hydrogens is 206 g/mol. The lowest BCUT2D eigenvalue weighted by molar-refractivity contribution is 0.768. The third-order valence-corrected chi connectivity index (χ3v) is 2.28. The van der Waals surface area contributed by atoms with Gasteiger partial charge in [-0.3, -0.25) is 4.68 Å². The topological polar surface area (TPSA) is 98.3 Å². The van der Waals surface area contributed by atoms with Crippen LogP contribution in [0.15, 0.2) is 18.7 Å². The maximum Gasteiger partial charge on any atom is 0.183 e. The maximum absolute atomic E-state index is 5.80. The molecule has 7 nitrogen and oxygen atoms in total. The number of nitrogen functional groups attached to an aromatic ring is 1. The van der Waals surface area contributed by atoms with E-state index in [0.717, 1.165) is 5.56 Å². The summed E-state index contributed by atoms with van der Waals surface area (Å²) in [7, 11) is 1.83. The third kappa shape index (κ3) is 1.22. The molecular formula is C9H9N7. The molecule has 16 heavy (non-hydrogen) atoms. The molecule has 0 saturated heterocycles. The summed E-state index contributed by atoms with van der Waals surface area (Å²) in [6, 6.07) is 0. The average Bonchev–Trinajstić information content (AvgIpc) is 2.85. The number of nitrogens with two attached hydrogens (primary N) is 1. The third-order valence-electron chi connectivity index (χ3n) is 2.28. The van der Waals surface area contributed by atoms with E-state index in [1.165, 1.54) is 0 Å². The molecule has 0 aliphatic heterocycles. The summed E-state index contributed by atoms with van der Waals surface area (Å²) < 4.78 is 1.68.